The molecular formula is C22H28N2O14P3-3. The van der Waals surface area contributed by atoms with E-state index in [0.29, 0.717) is 19.3 Å². The van der Waals surface area contributed by atoms with Gasteiger partial charge < -0.3 is 38.0 Å². The first kappa shape index (κ1) is 32.2. The van der Waals surface area contributed by atoms with Crippen molar-refractivity contribution in [3.05, 3.63) is 69.0 Å². The second-order valence-corrected chi connectivity index (χ2v) is 14.3. The Balaban J connectivity index is 1.45. The van der Waals surface area contributed by atoms with Crippen molar-refractivity contribution >= 4 is 23.2 Å². The summed E-state index contributed by atoms with van der Waals surface area (Å²) < 4.78 is 67.5. The lowest BCUT2D eigenvalue weighted by molar-refractivity contribution is -0.246. The van der Waals surface area contributed by atoms with E-state index in [1.807, 2.05) is 30.3 Å². The Bertz CT molecular complexity index is 1450. The van der Waals surface area contributed by atoms with Crippen LogP contribution in [0.4, 0.5) is 0 Å². The number of ether oxygens (including phenoxy) is 3. The maximum atomic E-state index is 12.4. The Labute approximate surface area is 233 Å². The van der Waals surface area contributed by atoms with Crippen LogP contribution >= 0.6 is 23.2 Å². The quantitative estimate of drug-likeness (QED) is 0.220. The SMILES string of the molecule is CCCCCP(=O)([O-])OP(=O)([O-])OP(=O)([O-])OC[C@H]1O[C@@H](n2ccc(=O)[nH]c2=O)C2OC(Cc3ccccc3)O[C@H]21. The lowest BCUT2D eigenvalue weighted by Gasteiger charge is -2.35. The molecule has 3 heterocycles. The maximum absolute atomic E-state index is 12.4. The molecule has 0 amide bonds. The molecule has 228 valence electrons. The molecule has 1 aromatic heterocycles. The van der Waals surface area contributed by atoms with Crippen molar-refractivity contribution in [2.24, 2.45) is 0 Å². The first-order chi connectivity index (χ1) is 19.3. The number of aromatic nitrogens is 2. The van der Waals surface area contributed by atoms with Crippen molar-refractivity contribution in [1.29, 1.82) is 0 Å². The summed E-state index contributed by atoms with van der Waals surface area (Å²) in [5, 5.41) is 0. The zero-order valence-electron chi connectivity index (χ0n) is 21.7. The lowest BCUT2D eigenvalue weighted by atomic mass is 10.1. The molecule has 0 aliphatic carbocycles. The first-order valence-corrected chi connectivity index (χ1v) is 17.2. The number of fused-ring (bicyclic) bond motifs is 1. The molecule has 0 bridgehead atoms. The Kier molecular flexibility index (Phi) is 10.4. The number of rotatable bonds is 14. The third kappa shape index (κ3) is 8.87. The number of nitrogens with zero attached hydrogens (tertiary/aromatic N) is 1. The molecule has 2 aliphatic rings. The van der Waals surface area contributed by atoms with E-state index in [2.05, 4.69) is 18.1 Å². The predicted molar refractivity (Wildman–Crippen MR) is 134 cm³/mol. The molecular weight excluding hydrogens is 609 g/mol. The van der Waals surface area contributed by atoms with E-state index in [-0.39, 0.29) is 6.42 Å². The number of phosphoric acid groups is 2. The minimum Gasteiger partial charge on any atom is -0.778 e. The van der Waals surface area contributed by atoms with Crippen LogP contribution < -0.4 is 25.9 Å². The number of benzene rings is 1. The number of nitrogens with one attached hydrogen (secondary N) is 1. The largest absolute Gasteiger partial charge is 0.778 e. The van der Waals surface area contributed by atoms with Gasteiger partial charge in [0.1, 0.15) is 25.9 Å². The molecule has 41 heavy (non-hydrogen) atoms. The fourth-order valence-corrected chi connectivity index (χ4v) is 8.40. The van der Waals surface area contributed by atoms with Gasteiger partial charge in [-0.05, 0) is 12.0 Å². The molecule has 0 saturated carbocycles. The van der Waals surface area contributed by atoms with Gasteiger partial charge >= 0.3 is 5.69 Å². The van der Waals surface area contributed by atoms with E-state index in [1.165, 1.54) is 0 Å². The minimum atomic E-state index is -5.89. The molecule has 2 aromatic rings. The van der Waals surface area contributed by atoms with Crippen LogP contribution in [-0.2, 0) is 47.5 Å². The van der Waals surface area contributed by atoms with Gasteiger partial charge in [0, 0.05) is 24.8 Å². The second kappa shape index (κ2) is 13.3. The Morgan fingerprint density at radius 3 is 2.32 bits per heavy atom. The van der Waals surface area contributed by atoms with Crippen molar-refractivity contribution in [2.75, 3.05) is 12.8 Å². The highest BCUT2D eigenvalue weighted by Gasteiger charge is 2.54. The van der Waals surface area contributed by atoms with Gasteiger partial charge in [0.25, 0.3) is 21.2 Å². The van der Waals surface area contributed by atoms with Gasteiger partial charge in [0.2, 0.25) is 0 Å². The summed E-state index contributed by atoms with van der Waals surface area (Å²) in [6.07, 6.45) is -3.14. The number of hydrogen-bond donors (Lipinski definition) is 1. The number of phosphoric ester groups is 1. The van der Waals surface area contributed by atoms with Crippen LogP contribution in [0.1, 0.15) is 38.0 Å². The average Bonchev–Trinajstić information content (AvgIpc) is 3.41. The van der Waals surface area contributed by atoms with Crippen LogP contribution in [0, 0.1) is 0 Å². The van der Waals surface area contributed by atoms with E-state index >= 15 is 0 Å². The smallest absolute Gasteiger partial charge is 0.330 e. The summed E-state index contributed by atoms with van der Waals surface area (Å²) in [4.78, 5) is 62.2. The zero-order valence-corrected chi connectivity index (χ0v) is 24.4. The molecule has 4 rings (SSSR count). The third-order valence-electron chi connectivity index (χ3n) is 6.13. The topological polar surface area (TPSA) is 231 Å². The molecule has 2 aliphatic heterocycles. The van der Waals surface area contributed by atoms with Crippen LogP contribution in [0.25, 0.3) is 0 Å². The second-order valence-electron chi connectivity index (χ2n) is 9.30. The summed E-state index contributed by atoms with van der Waals surface area (Å²) in [6.45, 7) is 0.941. The van der Waals surface area contributed by atoms with Gasteiger partial charge in [-0.25, -0.2) is 9.11 Å². The van der Waals surface area contributed by atoms with Crippen molar-refractivity contribution in [3.8, 4) is 0 Å². The normalized spacial score (nSPS) is 28.4. The molecule has 8 atom stereocenters. The highest BCUT2D eigenvalue weighted by atomic mass is 31.3. The predicted octanol–water partition coefficient (Wildman–Crippen LogP) is 0.517. The van der Waals surface area contributed by atoms with Gasteiger partial charge in [-0.3, -0.25) is 27.8 Å². The van der Waals surface area contributed by atoms with Crippen LogP contribution in [0.5, 0.6) is 0 Å². The summed E-state index contributed by atoms with van der Waals surface area (Å²) in [5.41, 5.74) is -0.632. The van der Waals surface area contributed by atoms with Crippen molar-refractivity contribution in [1.82, 2.24) is 9.55 Å². The Hall–Kier alpha value is -1.77. The minimum absolute atomic E-state index is 0.108. The molecule has 16 nitrogen and oxygen atoms in total. The fraction of sp³-hybridized carbons (Fsp3) is 0.545. The number of unbranched alkanes of at least 4 members (excludes halogenated alkanes) is 2. The molecule has 2 fully saturated rings. The Morgan fingerprint density at radius 2 is 1.63 bits per heavy atom. The number of H-pyrrole nitrogens is 1. The van der Waals surface area contributed by atoms with E-state index in [1.54, 1.807) is 6.92 Å². The first-order valence-electron chi connectivity index (χ1n) is 12.6. The van der Waals surface area contributed by atoms with E-state index in [4.69, 9.17) is 14.2 Å². The van der Waals surface area contributed by atoms with Gasteiger partial charge in [0.05, 0.1) is 6.61 Å². The maximum Gasteiger partial charge on any atom is 0.330 e. The molecule has 19 heteroatoms. The van der Waals surface area contributed by atoms with Gasteiger partial charge in [-0.1, -0.05) is 50.1 Å². The van der Waals surface area contributed by atoms with E-state index in [9.17, 15) is 38.0 Å². The monoisotopic (exact) mass is 637 g/mol. The van der Waals surface area contributed by atoms with Crippen LogP contribution in [0.2, 0.25) is 0 Å². The number of aromatic amines is 1. The summed E-state index contributed by atoms with van der Waals surface area (Å²) in [6, 6.07) is 10.2. The van der Waals surface area contributed by atoms with Gasteiger partial charge in [0.15, 0.2) is 12.5 Å². The summed E-state index contributed by atoms with van der Waals surface area (Å²) in [7, 11) is -16.5. The van der Waals surface area contributed by atoms with Gasteiger partial charge in [-0.2, -0.15) is 0 Å². The van der Waals surface area contributed by atoms with Gasteiger partial charge in [-0.15, -0.1) is 0 Å². The summed E-state index contributed by atoms with van der Waals surface area (Å²) in [5.74, 6) is 0. The van der Waals surface area contributed by atoms with Crippen molar-refractivity contribution in [3.63, 3.8) is 0 Å². The molecule has 1 N–H and O–H groups in total. The van der Waals surface area contributed by atoms with Crippen LogP contribution in [0.15, 0.2) is 52.2 Å². The third-order valence-corrected chi connectivity index (χ3v) is 10.9. The highest BCUT2D eigenvalue weighted by molar-refractivity contribution is 7.66. The van der Waals surface area contributed by atoms with Crippen molar-refractivity contribution in [2.45, 2.75) is 63.4 Å². The molecule has 0 spiro atoms. The molecule has 5 unspecified atom stereocenters. The fourth-order valence-electron chi connectivity index (χ4n) is 4.36. The zero-order chi connectivity index (χ0) is 29.8. The van der Waals surface area contributed by atoms with Crippen molar-refractivity contribution < 1.29 is 55.7 Å². The lowest BCUT2D eigenvalue weighted by Crippen LogP contribution is -2.36. The Morgan fingerprint density at radius 1 is 0.927 bits per heavy atom. The van der Waals surface area contributed by atoms with Crippen LogP contribution in [-0.4, -0.2) is 46.9 Å². The molecule has 2 saturated heterocycles. The van der Waals surface area contributed by atoms with Crippen LogP contribution in [0.3, 0.4) is 0 Å². The molecule has 0 radical (unpaired) electrons. The molecule has 1 aromatic carbocycles. The standard InChI is InChI=1S/C22H31N2O14P3/c1-2-3-7-12-39(27,28)37-41(31,32)38-40(29,30)33-14-16-19-20(21(34-16)24-11-10-17(25)23-22(24)26)36-18(35-19)13-15-8-5-4-6-9-15/h4-6,8-11,16,18-21H,2-3,7,12-14H2,1H3,(H,27,28)(H,29,30)(H,31,32)(H,23,25,26)/p-3/t16-,18?,19+,20?,21-/m1/s1. The summed E-state index contributed by atoms with van der Waals surface area (Å²) >= 11 is 0. The highest BCUT2D eigenvalue weighted by Crippen LogP contribution is 2.63. The van der Waals surface area contributed by atoms with E-state index in [0.717, 1.165) is 22.4 Å². The average molecular weight is 637 g/mol. The van der Waals surface area contributed by atoms with E-state index < -0.39 is 78.1 Å². The number of hydrogen-bond acceptors (Lipinski definition) is 14.